The zero-order chi connectivity index (χ0) is 17.3. The molecule has 0 radical (unpaired) electrons. The van der Waals surface area contributed by atoms with Gasteiger partial charge in [-0.3, -0.25) is 4.98 Å². The third-order valence-corrected chi connectivity index (χ3v) is 5.32. The Morgan fingerprint density at radius 2 is 2.04 bits per heavy atom. The third-order valence-electron chi connectivity index (χ3n) is 4.09. The van der Waals surface area contributed by atoms with Crippen LogP contribution in [0.5, 0.6) is 5.75 Å². The van der Waals surface area contributed by atoms with Gasteiger partial charge in [0.1, 0.15) is 4.90 Å². The summed E-state index contributed by atoms with van der Waals surface area (Å²) in [7, 11) is -3.97. The van der Waals surface area contributed by atoms with Crippen LogP contribution in [-0.2, 0) is 10.1 Å². The molecule has 1 saturated heterocycles. The van der Waals surface area contributed by atoms with Crippen molar-refractivity contribution in [3.05, 3.63) is 49.0 Å². The second kappa shape index (κ2) is 6.38. The van der Waals surface area contributed by atoms with Crippen LogP contribution in [0.3, 0.4) is 0 Å². The smallest absolute Gasteiger partial charge is 0.339 e. The number of aromatic nitrogens is 1. The molecule has 1 aromatic carbocycles. The number of hydrogen-bond acceptors (Lipinski definition) is 7. The Morgan fingerprint density at radius 1 is 1.20 bits per heavy atom. The van der Waals surface area contributed by atoms with E-state index in [0.29, 0.717) is 5.58 Å². The molecule has 0 spiro atoms. The maximum Gasteiger partial charge on any atom is 0.339 e. The van der Waals surface area contributed by atoms with Gasteiger partial charge in [-0.25, -0.2) is 0 Å². The average Bonchev–Trinajstić information content (AvgIpc) is 3.11. The molecule has 4 rings (SSSR count). The van der Waals surface area contributed by atoms with E-state index in [0.717, 1.165) is 37.3 Å². The number of rotatable bonds is 4. The Balaban J connectivity index is 1.76. The molecule has 8 heteroatoms. The highest BCUT2D eigenvalue weighted by atomic mass is 32.2. The minimum Gasteiger partial charge on any atom is -0.462 e. The molecular formula is C17H17N3O4S. The van der Waals surface area contributed by atoms with Crippen LogP contribution >= 0.6 is 0 Å². The third kappa shape index (κ3) is 3.18. The zero-order valence-corrected chi connectivity index (χ0v) is 14.2. The highest BCUT2D eigenvalue weighted by Crippen LogP contribution is 2.32. The lowest BCUT2D eigenvalue weighted by Crippen LogP contribution is -2.43. The molecule has 2 aromatic heterocycles. The number of piperazine rings is 1. The van der Waals surface area contributed by atoms with Crippen molar-refractivity contribution in [2.75, 3.05) is 31.1 Å². The minimum absolute atomic E-state index is 0.0961. The highest BCUT2D eigenvalue weighted by Gasteiger charge is 2.23. The summed E-state index contributed by atoms with van der Waals surface area (Å²) in [5.74, 6) is 0.179. The SMILES string of the molecule is O=S(=O)(Oc1cccnc1)c1cc(N2CCNCC2)c2occc2c1. The van der Waals surface area contributed by atoms with Gasteiger partial charge in [-0.05, 0) is 30.3 Å². The first-order chi connectivity index (χ1) is 12.1. The Morgan fingerprint density at radius 3 is 2.80 bits per heavy atom. The molecule has 0 bridgehead atoms. The van der Waals surface area contributed by atoms with Gasteiger partial charge < -0.3 is 18.8 Å². The Hall–Kier alpha value is -2.58. The predicted molar refractivity (Wildman–Crippen MR) is 93.3 cm³/mol. The summed E-state index contributed by atoms with van der Waals surface area (Å²) in [6, 6.07) is 8.11. The molecule has 1 N–H and O–H groups in total. The van der Waals surface area contributed by atoms with E-state index < -0.39 is 10.1 Å². The van der Waals surface area contributed by atoms with Gasteiger partial charge in [0.25, 0.3) is 0 Å². The van der Waals surface area contributed by atoms with E-state index >= 15 is 0 Å². The number of fused-ring (bicyclic) bond motifs is 1. The van der Waals surface area contributed by atoms with Crippen LogP contribution in [0, 0.1) is 0 Å². The fraction of sp³-hybridized carbons (Fsp3) is 0.235. The highest BCUT2D eigenvalue weighted by molar-refractivity contribution is 7.87. The van der Waals surface area contributed by atoms with Crippen molar-refractivity contribution in [1.82, 2.24) is 10.3 Å². The number of anilines is 1. The molecule has 0 aliphatic carbocycles. The van der Waals surface area contributed by atoms with Gasteiger partial charge in [-0.1, -0.05) is 0 Å². The second-order valence-corrected chi connectivity index (χ2v) is 7.29. The van der Waals surface area contributed by atoms with Crippen molar-refractivity contribution in [1.29, 1.82) is 0 Å². The summed E-state index contributed by atoms with van der Waals surface area (Å²) in [5, 5.41) is 4.01. The van der Waals surface area contributed by atoms with E-state index in [-0.39, 0.29) is 10.6 Å². The molecule has 7 nitrogen and oxygen atoms in total. The summed E-state index contributed by atoms with van der Waals surface area (Å²) in [6.45, 7) is 3.24. The summed E-state index contributed by atoms with van der Waals surface area (Å²) in [4.78, 5) is 6.09. The predicted octanol–water partition coefficient (Wildman–Crippen LogP) is 2.01. The van der Waals surface area contributed by atoms with E-state index in [1.165, 1.54) is 6.20 Å². The first kappa shape index (κ1) is 15.9. The molecule has 1 aliphatic heterocycles. The van der Waals surface area contributed by atoms with E-state index in [1.807, 2.05) is 0 Å². The molecule has 0 saturated carbocycles. The minimum atomic E-state index is -3.97. The topological polar surface area (TPSA) is 84.7 Å². The summed E-state index contributed by atoms with van der Waals surface area (Å²) < 4.78 is 36.2. The quantitative estimate of drug-likeness (QED) is 0.713. The molecule has 0 atom stereocenters. The molecule has 3 aromatic rings. The van der Waals surface area contributed by atoms with E-state index in [2.05, 4.69) is 15.2 Å². The van der Waals surface area contributed by atoms with Crippen LogP contribution in [0.1, 0.15) is 0 Å². The molecule has 0 amide bonds. The van der Waals surface area contributed by atoms with Gasteiger partial charge in [-0.15, -0.1) is 0 Å². The van der Waals surface area contributed by atoms with Crippen molar-refractivity contribution in [2.24, 2.45) is 0 Å². The summed E-state index contributed by atoms with van der Waals surface area (Å²) >= 11 is 0. The van der Waals surface area contributed by atoms with Crippen LogP contribution in [0.25, 0.3) is 11.0 Å². The average molecular weight is 359 g/mol. The molecular weight excluding hydrogens is 342 g/mol. The van der Waals surface area contributed by atoms with E-state index in [9.17, 15) is 8.42 Å². The van der Waals surface area contributed by atoms with Gasteiger partial charge in [0, 0.05) is 37.8 Å². The molecule has 0 unspecified atom stereocenters. The zero-order valence-electron chi connectivity index (χ0n) is 13.4. The number of nitrogens with zero attached hydrogens (tertiary/aromatic N) is 2. The molecule has 1 fully saturated rings. The first-order valence-corrected chi connectivity index (χ1v) is 9.36. The maximum atomic E-state index is 12.7. The fourth-order valence-electron chi connectivity index (χ4n) is 2.89. The van der Waals surface area contributed by atoms with Crippen molar-refractivity contribution in [3.63, 3.8) is 0 Å². The largest absolute Gasteiger partial charge is 0.462 e. The van der Waals surface area contributed by atoms with Crippen molar-refractivity contribution in [2.45, 2.75) is 4.90 Å². The van der Waals surface area contributed by atoms with Gasteiger partial charge in [0.05, 0.1) is 18.1 Å². The van der Waals surface area contributed by atoms with Crippen LogP contribution < -0.4 is 14.4 Å². The molecule has 130 valence electrons. The summed E-state index contributed by atoms with van der Waals surface area (Å²) in [6.07, 6.45) is 4.49. The van der Waals surface area contributed by atoms with Gasteiger partial charge in [0.2, 0.25) is 0 Å². The number of pyridine rings is 1. The standard InChI is InChI=1S/C17H17N3O4S/c21-25(22,24-14-2-1-4-19-12-14)15-10-13-3-9-23-17(13)16(11-15)20-7-5-18-6-8-20/h1-4,9-12,18H,5-8H2. The number of furan rings is 1. The number of hydrogen-bond donors (Lipinski definition) is 1. The van der Waals surface area contributed by atoms with E-state index in [4.69, 9.17) is 8.60 Å². The van der Waals surface area contributed by atoms with Gasteiger partial charge >= 0.3 is 10.1 Å². The van der Waals surface area contributed by atoms with E-state index in [1.54, 1.807) is 42.8 Å². The van der Waals surface area contributed by atoms with Gasteiger partial charge in [0.15, 0.2) is 11.3 Å². The second-order valence-electron chi connectivity index (χ2n) is 5.74. The lowest BCUT2D eigenvalue weighted by Gasteiger charge is -2.29. The van der Waals surface area contributed by atoms with Crippen molar-refractivity contribution < 1.29 is 17.0 Å². The lowest BCUT2D eigenvalue weighted by molar-refractivity contribution is 0.485. The molecule has 25 heavy (non-hydrogen) atoms. The van der Waals surface area contributed by atoms with Crippen molar-refractivity contribution in [3.8, 4) is 5.75 Å². The van der Waals surface area contributed by atoms with Gasteiger partial charge in [-0.2, -0.15) is 8.42 Å². The number of nitrogens with one attached hydrogen (secondary N) is 1. The Kier molecular flexibility index (Phi) is 4.06. The van der Waals surface area contributed by atoms with Crippen LogP contribution in [0.2, 0.25) is 0 Å². The summed E-state index contributed by atoms with van der Waals surface area (Å²) in [5.41, 5.74) is 1.44. The molecule has 3 heterocycles. The maximum absolute atomic E-state index is 12.7. The Bertz CT molecular complexity index is 980. The van der Waals surface area contributed by atoms with Crippen LogP contribution in [0.15, 0.2) is 58.3 Å². The first-order valence-electron chi connectivity index (χ1n) is 7.95. The van der Waals surface area contributed by atoms with Crippen LogP contribution in [-0.4, -0.2) is 39.6 Å². The Labute approximate surface area is 145 Å². The monoisotopic (exact) mass is 359 g/mol. The van der Waals surface area contributed by atoms with Crippen LogP contribution in [0.4, 0.5) is 5.69 Å². The lowest BCUT2D eigenvalue weighted by atomic mass is 10.2. The fourth-order valence-corrected chi connectivity index (χ4v) is 3.87. The van der Waals surface area contributed by atoms with Crippen molar-refractivity contribution >= 4 is 26.8 Å². The number of benzene rings is 1. The normalized spacial score (nSPS) is 15.4. The molecule has 1 aliphatic rings.